The molecule has 0 spiro atoms. The second-order valence-corrected chi connectivity index (χ2v) is 8.42. The van der Waals surface area contributed by atoms with Crippen LogP contribution in [0.2, 0.25) is 5.02 Å². The van der Waals surface area contributed by atoms with E-state index in [4.69, 9.17) is 21.1 Å². The van der Waals surface area contributed by atoms with E-state index in [2.05, 4.69) is 28.4 Å². The van der Waals surface area contributed by atoms with Crippen molar-refractivity contribution in [2.75, 3.05) is 26.3 Å². The fourth-order valence-corrected chi connectivity index (χ4v) is 4.36. The largest absolute Gasteiger partial charge is 0.489 e. The van der Waals surface area contributed by atoms with Gasteiger partial charge in [0.25, 0.3) is 0 Å². The molecule has 0 aromatic heterocycles. The van der Waals surface area contributed by atoms with E-state index in [9.17, 15) is 4.79 Å². The Morgan fingerprint density at radius 2 is 1.77 bits per heavy atom. The predicted molar refractivity (Wildman–Crippen MR) is 118 cm³/mol. The van der Waals surface area contributed by atoms with Gasteiger partial charge in [-0.15, -0.1) is 0 Å². The SMILES string of the molecule is O=C(Cc1cc(Cl)c2c(c1)OCCCO2)NCc1ccccc1CN1CCCCC1. The molecule has 0 radical (unpaired) electrons. The number of amides is 1. The molecule has 2 aliphatic rings. The zero-order valence-electron chi connectivity index (χ0n) is 17.3. The lowest BCUT2D eigenvalue weighted by atomic mass is 10.0. The summed E-state index contributed by atoms with van der Waals surface area (Å²) in [5.41, 5.74) is 3.29. The first-order valence-electron chi connectivity index (χ1n) is 10.8. The summed E-state index contributed by atoms with van der Waals surface area (Å²) in [5, 5.41) is 3.55. The zero-order valence-corrected chi connectivity index (χ0v) is 18.0. The quantitative estimate of drug-likeness (QED) is 0.743. The number of fused-ring (bicyclic) bond motifs is 1. The third-order valence-electron chi connectivity index (χ3n) is 5.66. The number of nitrogens with one attached hydrogen (secondary N) is 1. The number of rotatable bonds is 6. The van der Waals surface area contributed by atoms with Crippen LogP contribution in [0.1, 0.15) is 42.4 Å². The molecular formula is C24H29ClN2O3. The van der Waals surface area contributed by atoms with Crippen LogP contribution in [-0.4, -0.2) is 37.1 Å². The van der Waals surface area contributed by atoms with E-state index in [0.717, 1.165) is 31.6 Å². The van der Waals surface area contributed by atoms with Crippen molar-refractivity contribution in [3.8, 4) is 11.5 Å². The molecule has 2 heterocycles. The van der Waals surface area contributed by atoms with Gasteiger partial charge in [-0.05, 0) is 54.8 Å². The Morgan fingerprint density at radius 1 is 1.00 bits per heavy atom. The number of carbonyl (C=O) groups excluding carboxylic acids is 1. The highest BCUT2D eigenvalue weighted by molar-refractivity contribution is 6.32. The van der Waals surface area contributed by atoms with E-state index in [1.165, 1.54) is 30.4 Å². The Kier molecular flexibility index (Phi) is 7.13. The number of piperidine rings is 1. The van der Waals surface area contributed by atoms with Crippen LogP contribution in [0.3, 0.4) is 0 Å². The normalized spacial score (nSPS) is 16.7. The van der Waals surface area contributed by atoms with E-state index in [1.807, 2.05) is 12.1 Å². The molecule has 1 amide bonds. The summed E-state index contributed by atoms with van der Waals surface area (Å²) >= 11 is 6.35. The van der Waals surface area contributed by atoms with Crippen LogP contribution in [0, 0.1) is 0 Å². The first-order chi connectivity index (χ1) is 14.7. The maximum Gasteiger partial charge on any atom is 0.224 e. The highest BCUT2D eigenvalue weighted by Gasteiger charge is 2.17. The van der Waals surface area contributed by atoms with Crippen molar-refractivity contribution in [2.24, 2.45) is 0 Å². The van der Waals surface area contributed by atoms with Gasteiger partial charge in [-0.1, -0.05) is 42.3 Å². The van der Waals surface area contributed by atoms with Gasteiger partial charge >= 0.3 is 0 Å². The van der Waals surface area contributed by atoms with Crippen LogP contribution >= 0.6 is 11.6 Å². The summed E-state index contributed by atoms with van der Waals surface area (Å²) in [6, 6.07) is 12.0. The molecular weight excluding hydrogens is 400 g/mol. The lowest BCUT2D eigenvalue weighted by Gasteiger charge is -2.27. The lowest BCUT2D eigenvalue weighted by Crippen LogP contribution is -2.30. The summed E-state index contributed by atoms with van der Waals surface area (Å²) < 4.78 is 11.4. The molecule has 1 saturated heterocycles. The van der Waals surface area contributed by atoms with E-state index in [1.54, 1.807) is 6.07 Å². The molecule has 2 aromatic rings. The maximum absolute atomic E-state index is 12.6. The number of carbonyl (C=O) groups is 1. The second-order valence-electron chi connectivity index (χ2n) is 8.01. The number of nitrogens with zero attached hydrogens (tertiary/aromatic N) is 1. The Labute approximate surface area is 183 Å². The molecule has 160 valence electrons. The molecule has 2 aromatic carbocycles. The first-order valence-corrected chi connectivity index (χ1v) is 11.2. The summed E-state index contributed by atoms with van der Waals surface area (Å²) in [6.07, 6.45) is 4.95. The summed E-state index contributed by atoms with van der Waals surface area (Å²) in [7, 11) is 0. The average Bonchev–Trinajstić information content (AvgIpc) is 3.00. The van der Waals surface area contributed by atoms with Crippen molar-refractivity contribution in [2.45, 2.75) is 45.2 Å². The van der Waals surface area contributed by atoms with Crippen molar-refractivity contribution in [3.63, 3.8) is 0 Å². The number of hydrogen-bond acceptors (Lipinski definition) is 4. The third kappa shape index (κ3) is 5.46. The Balaban J connectivity index is 1.36. The number of halogens is 1. The average molecular weight is 429 g/mol. The summed E-state index contributed by atoms with van der Waals surface area (Å²) in [4.78, 5) is 15.1. The number of ether oxygens (including phenoxy) is 2. The smallest absolute Gasteiger partial charge is 0.224 e. The first kappa shape index (κ1) is 21.0. The van der Waals surface area contributed by atoms with E-state index >= 15 is 0 Å². The van der Waals surface area contributed by atoms with E-state index in [0.29, 0.717) is 36.3 Å². The Morgan fingerprint density at radius 3 is 2.60 bits per heavy atom. The van der Waals surface area contributed by atoms with Crippen molar-refractivity contribution in [3.05, 3.63) is 58.1 Å². The van der Waals surface area contributed by atoms with Crippen LogP contribution in [0.15, 0.2) is 36.4 Å². The van der Waals surface area contributed by atoms with Gasteiger partial charge in [0, 0.05) is 19.5 Å². The van der Waals surface area contributed by atoms with Gasteiger partial charge in [-0.3, -0.25) is 9.69 Å². The minimum atomic E-state index is -0.0340. The molecule has 0 saturated carbocycles. The van der Waals surface area contributed by atoms with Crippen LogP contribution in [-0.2, 0) is 24.3 Å². The molecule has 0 aliphatic carbocycles. The van der Waals surface area contributed by atoms with Gasteiger partial charge in [0.05, 0.1) is 24.7 Å². The van der Waals surface area contributed by atoms with Crippen molar-refractivity contribution in [1.82, 2.24) is 10.2 Å². The fraction of sp³-hybridized carbons (Fsp3) is 0.458. The van der Waals surface area contributed by atoms with Crippen LogP contribution in [0.5, 0.6) is 11.5 Å². The third-order valence-corrected chi connectivity index (χ3v) is 5.94. The van der Waals surface area contributed by atoms with Gasteiger partial charge in [-0.2, -0.15) is 0 Å². The van der Waals surface area contributed by atoms with Gasteiger partial charge in [-0.25, -0.2) is 0 Å². The molecule has 5 nitrogen and oxygen atoms in total. The minimum absolute atomic E-state index is 0.0340. The number of hydrogen-bond donors (Lipinski definition) is 1. The highest BCUT2D eigenvalue weighted by Crippen LogP contribution is 2.38. The fourth-order valence-electron chi connectivity index (χ4n) is 4.07. The molecule has 0 bridgehead atoms. The molecule has 6 heteroatoms. The maximum atomic E-state index is 12.6. The van der Waals surface area contributed by atoms with Crippen molar-refractivity contribution < 1.29 is 14.3 Å². The predicted octanol–water partition coefficient (Wildman–Crippen LogP) is 4.35. The molecule has 0 atom stereocenters. The van der Waals surface area contributed by atoms with Crippen LogP contribution in [0.25, 0.3) is 0 Å². The number of likely N-dealkylation sites (tertiary alicyclic amines) is 1. The van der Waals surface area contributed by atoms with Crippen molar-refractivity contribution in [1.29, 1.82) is 0 Å². The molecule has 4 rings (SSSR count). The highest BCUT2D eigenvalue weighted by atomic mass is 35.5. The van der Waals surface area contributed by atoms with E-state index in [-0.39, 0.29) is 12.3 Å². The standard InChI is InChI=1S/C24H29ClN2O3/c25-21-13-18(14-22-24(21)30-12-6-11-29-22)15-23(28)26-16-19-7-2-3-8-20(19)17-27-9-4-1-5-10-27/h2-3,7-8,13-14H,1,4-6,9-12,15-17H2,(H,26,28). The van der Waals surface area contributed by atoms with Crippen LogP contribution in [0.4, 0.5) is 0 Å². The zero-order chi connectivity index (χ0) is 20.8. The lowest BCUT2D eigenvalue weighted by molar-refractivity contribution is -0.120. The summed E-state index contributed by atoms with van der Waals surface area (Å²) in [5.74, 6) is 1.16. The van der Waals surface area contributed by atoms with Gasteiger partial charge in [0.1, 0.15) is 0 Å². The van der Waals surface area contributed by atoms with Gasteiger partial charge < -0.3 is 14.8 Å². The molecule has 0 unspecified atom stereocenters. The Bertz CT molecular complexity index is 881. The van der Waals surface area contributed by atoms with Gasteiger partial charge in [0.2, 0.25) is 5.91 Å². The molecule has 1 N–H and O–H groups in total. The van der Waals surface area contributed by atoms with Crippen molar-refractivity contribution >= 4 is 17.5 Å². The molecule has 30 heavy (non-hydrogen) atoms. The minimum Gasteiger partial charge on any atom is -0.489 e. The summed E-state index contributed by atoms with van der Waals surface area (Å²) in [6.45, 7) is 4.97. The molecule has 2 aliphatic heterocycles. The molecule has 1 fully saturated rings. The van der Waals surface area contributed by atoms with Gasteiger partial charge in [0.15, 0.2) is 11.5 Å². The van der Waals surface area contributed by atoms with Crippen LogP contribution < -0.4 is 14.8 Å². The monoisotopic (exact) mass is 428 g/mol. The Hall–Kier alpha value is -2.24. The number of benzene rings is 2. The van der Waals surface area contributed by atoms with E-state index < -0.39 is 0 Å². The second kappa shape index (κ2) is 10.2. The topological polar surface area (TPSA) is 50.8 Å².